The lowest BCUT2D eigenvalue weighted by molar-refractivity contribution is 0.638. The second-order valence-electron chi connectivity index (χ2n) is 2.65. The first kappa shape index (κ1) is 7.79. The number of hydrogen-bond donors (Lipinski definition) is 0. The molecule has 3 nitrogen and oxygen atoms in total. The third-order valence-electron chi connectivity index (χ3n) is 1.85. The first-order valence-electron chi connectivity index (χ1n) is 3.67. The molecule has 0 N–H and O–H groups in total. The molecule has 1 aromatic carbocycles. The van der Waals surface area contributed by atoms with Gasteiger partial charge in [0, 0.05) is 6.20 Å². The molecule has 0 amide bonds. The minimum atomic E-state index is -0.851. The van der Waals surface area contributed by atoms with E-state index in [1.54, 1.807) is 6.07 Å². The number of benzene rings is 1. The van der Waals surface area contributed by atoms with Gasteiger partial charge in [-0.25, -0.2) is 4.39 Å². The number of nitrogens with zero attached hydrogens (tertiary/aromatic N) is 1. The Bertz CT molecular complexity index is 518. The zero-order valence-electron chi connectivity index (χ0n) is 6.53. The number of rotatable bonds is 0. The topological polar surface area (TPSA) is 45.1 Å². The zero-order valence-corrected chi connectivity index (χ0v) is 6.53. The van der Waals surface area contributed by atoms with Crippen molar-refractivity contribution in [2.75, 3.05) is 0 Å². The summed E-state index contributed by atoms with van der Waals surface area (Å²) in [5, 5.41) is 11.1. The van der Waals surface area contributed by atoms with Gasteiger partial charge in [0.2, 0.25) is 0 Å². The zero-order chi connectivity index (χ0) is 9.42. The average Bonchev–Trinajstić information content (AvgIpc) is 2.12. The maximum atomic E-state index is 13.1. The molecule has 1 aromatic heterocycles. The Labute approximate surface area is 72.6 Å². The molecule has 0 aliphatic carbocycles. The lowest BCUT2D eigenvalue weighted by atomic mass is 10.2. The van der Waals surface area contributed by atoms with Gasteiger partial charge in [0.15, 0.2) is 0 Å². The van der Waals surface area contributed by atoms with Crippen LogP contribution in [0.5, 0.6) is 0 Å². The molecule has 0 fully saturated rings. The molecule has 1 heterocycles. The van der Waals surface area contributed by atoms with E-state index in [0.717, 1.165) is 12.3 Å². The van der Waals surface area contributed by atoms with Crippen molar-refractivity contribution in [1.29, 1.82) is 0 Å². The molecule has 0 aliphatic rings. The summed E-state index contributed by atoms with van der Waals surface area (Å²) in [5.41, 5.74) is -0.851. The second kappa shape index (κ2) is 2.58. The van der Waals surface area contributed by atoms with Gasteiger partial charge >= 0.3 is 0 Å². The van der Waals surface area contributed by atoms with Crippen LogP contribution in [0.25, 0.3) is 10.8 Å². The molecule has 66 valence electrons. The van der Waals surface area contributed by atoms with Crippen LogP contribution in [0.15, 0.2) is 35.3 Å². The van der Waals surface area contributed by atoms with Crippen LogP contribution < -0.4 is 5.56 Å². The molecule has 0 bridgehead atoms. The normalized spacial score (nSPS) is 10.5. The number of hydrogen-bond acceptors (Lipinski definition) is 2. The second-order valence-corrected chi connectivity index (χ2v) is 2.65. The SMILES string of the molecule is O=c1c2c(F)cccc2ccn1[O-]. The first-order chi connectivity index (χ1) is 6.20. The average molecular weight is 178 g/mol. The van der Waals surface area contributed by atoms with E-state index in [1.807, 2.05) is 0 Å². The van der Waals surface area contributed by atoms with Crippen molar-refractivity contribution in [3.05, 3.63) is 51.8 Å². The van der Waals surface area contributed by atoms with E-state index in [1.165, 1.54) is 12.1 Å². The molecule has 0 spiro atoms. The quantitative estimate of drug-likeness (QED) is 0.613. The Morgan fingerprint density at radius 3 is 2.85 bits per heavy atom. The van der Waals surface area contributed by atoms with Gasteiger partial charge in [-0.05, 0) is 17.5 Å². The smallest absolute Gasteiger partial charge is 0.256 e. The lowest BCUT2D eigenvalue weighted by Crippen LogP contribution is -2.15. The van der Waals surface area contributed by atoms with E-state index in [0.29, 0.717) is 5.39 Å². The standard InChI is InChI=1S/C9H5FNO2/c10-7-3-1-2-6-4-5-11(13)9(12)8(6)7/h1-5H/q-1. The molecule has 0 aliphatic heterocycles. The van der Waals surface area contributed by atoms with Crippen molar-refractivity contribution in [3.63, 3.8) is 0 Å². The number of fused-ring (bicyclic) bond motifs is 1. The van der Waals surface area contributed by atoms with Gasteiger partial charge in [0.05, 0.1) is 5.39 Å². The highest BCUT2D eigenvalue weighted by atomic mass is 19.1. The highest BCUT2D eigenvalue weighted by Gasteiger charge is 2.03. The van der Waals surface area contributed by atoms with E-state index < -0.39 is 11.4 Å². The molecule has 0 radical (unpaired) electrons. The molecular weight excluding hydrogens is 173 g/mol. The Morgan fingerprint density at radius 1 is 1.31 bits per heavy atom. The van der Waals surface area contributed by atoms with E-state index in [2.05, 4.69) is 0 Å². The predicted molar refractivity (Wildman–Crippen MR) is 46.9 cm³/mol. The van der Waals surface area contributed by atoms with E-state index in [4.69, 9.17) is 0 Å². The van der Waals surface area contributed by atoms with Crippen LogP contribution in [0.4, 0.5) is 4.39 Å². The molecule has 2 rings (SSSR count). The van der Waals surface area contributed by atoms with Crippen LogP contribution in [-0.2, 0) is 0 Å². The van der Waals surface area contributed by atoms with Crippen LogP contribution in [0.2, 0.25) is 0 Å². The fourth-order valence-electron chi connectivity index (χ4n) is 1.23. The third kappa shape index (κ3) is 1.07. The fraction of sp³-hybridized carbons (Fsp3) is 0. The van der Waals surface area contributed by atoms with Crippen molar-refractivity contribution in [1.82, 2.24) is 4.73 Å². The van der Waals surface area contributed by atoms with Gasteiger partial charge in [0.1, 0.15) is 5.82 Å². The first-order valence-corrected chi connectivity index (χ1v) is 3.67. The van der Waals surface area contributed by atoms with Gasteiger partial charge in [-0.2, -0.15) is 0 Å². The Hall–Kier alpha value is -1.84. The van der Waals surface area contributed by atoms with E-state index in [9.17, 15) is 14.4 Å². The maximum absolute atomic E-state index is 13.1. The Kier molecular flexibility index (Phi) is 1.55. The summed E-state index contributed by atoms with van der Waals surface area (Å²) in [6.45, 7) is 0. The molecule has 13 heavy (non-hydrogen) atoms. The van der Waals surface area contributed by atoms with Crippen molar-refractivity contribution in [2.45, 2.75) is 0 Å². The van der Waals surface area contributed by atoms with Gasteiger partial charge in [-0.15, -0.1) is 0 Å². The van der Waals surface area contributed by atoms with Crippen molar-refractivity contribution in [3.8, 4) is 0 Å². The van der Waals surface area contributed by atoms with Crippen molar-refractivity contribution in [2.24, 2.45) is 0 Å². The van der Waals surface area contributed by atoms with Crippen LogP contribution in [0, 0.1) is 11.0 Å². The van der Waals surface area contributed by atoms with Gasteiger partial charge in [-0.1, -0.05) is 12.1 Å². The summed E-state index contributed by atoms with van der Waals surface area (Å²) in [4.78, 5) is 11.2. The highest BCUT2D eigenvalue weighted by molar-refractivity contribution is 5.81. The summed E-state index contributed by atoms with van der Waals surface area (Å²) in [6.07, 6.45) is 1.07. The maximum Gasteiger partial charge on any atom is 0.256 e. The lowest BCUT2D eigenvalue weighted by Gasteiger charge is -2.09. The third-order valence-corrected chi connectivity index (χ3v) is 1.85. The minimum absolute atomic E-state index is 0.116. The van der Waals surface area contributed by atoms with Crippen molar-refractivity contribution < 1.29 is 4.39 Å². The summed E-state index contributed by atoms with van der Waals surface area (Å²) in [6, 6.07) is 5.64. The molecule has 4 heteroatoms. The van der Waals surface area contributed by atoms with Crippen LogP contribution >= 0.6 is 0 Å². The minimum Gasteiger partial charge on any atom is -0.803 e. The van der Waals surface area contributed by atoms with Gasteiger partial charge in [-0.3, -0.25) is 4.79 Å². The largest absolute Gasteiger partial charge is 0.803 e. The summed E-state index contributed by atoms with van der Waals surface area (Å²) in [7, 11) is 0. The number of aromatic nitrogens is 1. The van der Waals surface area contributed by atoms with E-state index >= 15 is 0 Å². The summed E-state index contributed by atoms with van der Waals surface area (Å²) >= 11 is 0. The van der Waals surface area contributed by atoms with Gasteiger partial charge < -0.3 is 9.94 Å². The van der Waals surface area contributed by atoms with Crippen LogP contribution in [0.1, 0.15) is 0 Å². The summed E-state index contributed by atoms with van der Waals surface area (Å²) < 4.78 is 13.2. The van der Waals surface area contributed by atoms with Crippen molar-refractivity contribution >= 4 is 10.8 Å². The predicted octanol–water partition coefficient (Wildman–Crippen LogP) is 1.49. The molecule has 0 saturated carbocycles. The molecular formula is C9H5FNO2-. The fourth-order valence-corrected chi connectivity index (χ4v) is 1.23. The highest BCUT2D eigenvalue weighted by Crippen LogP contribution is 2.12. The van der Waals surface area contributed by atoms with Crippen LogP contribution in [0.3, 0.4) is 0 Å². The number of pyridine rings is 1. The summed E-state index contributed by atoms with van der Waals surface area (Å²) in [5.74, 6) is -0.660. The van der Waals surface area contributed by atoms with Crippen LogP contribution in [-0.4, -0.2) is 4.73 Å². The molecule has 2 aromatic rings. The molecule has 0 atom stereocenters. The number of halogens is 1. The van der Waals surface area contributed by atoms with Gasteiger partial charge in [0.25, 0.3) is 5.56 Å². The monoisotopic (exact) mass is 178 g/mol. The Balaban J connectivity index is 3.06. The molecule has 0 saturated heterocycles. The Morgan fingerprint density at radius 2 is 2.08 bits per heavy atom. The van der Waals surface area contributed by atoms with E-state index in [-0.39, 0.29) is 10.1 Å². The molecule has 0 unspecified atom stereocenters.